The number of aromatic nitrogens is 5. The Bertz CT molecular complexity index is 1090. The van der Waals surface area contributed by atoms with Crippen LogP contribution in [0.2, 0.25) is 0 Å². The van der Waals surface area contributed by atoms with Gasteiger partial charge in [-0.2, -0.15) is 5.10 Å². The molecule has 0 aliphatic rings. The predicted octanol–water partition coefficient (Wildman–Crippen LogP) is 4.06. The minimum Gasteiger partial charge on any atom is -0.335 e. The third-order valence-electron chi connectivity index (χ3n) is 4.53. The Hall–Kier alpha value is -3.06. The molecule has 4 rings (SSSR count). The number of nitrogen functional groups attached to an aromatic ring is 1. The molecule has 0 radical (unpaired) electrons. The first-order valence-corrected chi connectivity index (χ1v) is 10.0. The molecule has 0 atom stereocenters. The highest BCUT2D eigenvalue weighted by atomic mass is 32.2. The van der Waals surface area contributed by atoms with Crippen LogP contribution in [-0.2, 0) is 5.75 Å². The van der Waals surface area contributed by atoms with Crippen LogP contribution in [0.3, 0.4) is 0 Å². The first-order chi connectivity index (χ1) is 13.5. The fourth-order valence-corrected chi connectivity index (χ4v) is 3.86. The molecule has 7 heteroatoms. The summed E-state index contributed by atoms with van der Waals surface area (Å²) in [7, 11) is 0. The van der Waals surface area contributed by atoms with Gasteiger partial charge in [-0.1, -0.05) is 53.7 Å². The Morgan fingerprint density at radius 3 is 2.29 bits per heavy atom. The highest BCUT2D eigenvalue weighted by Crippen LogP contribution is 2.25. The van der Waals surface area contributed by atoms with E-state index >= 15 is 0 Å². The number of aryl methyl sites for hydroxylation is 3. The molecule has 0 spiro atoms. The van der Waals surface area contributed by atoms with Gasteiger partial charge in [-0.15, -0.1) is 10.2 Å². The predicted molar refractivity (Wildman–Crippen MR) is 113 cm³/mol. The zero-order valence-electron chi connectivity index (χ0n) is 16.1. The highest BCUT2D eigenvalue weighted by molar-refractivity contribution is 7.98. The molecule has 0 unspecified atom stereocenters. The van der Waals surface area contributed by atoms with Gasteiger partial charge in [0.2, 0.25) is 5.16 Å². The SMILES string of the molecule is Cc1ccc(-c2nnc(SCc3ccc(-n4nc(C)cc4C)cc3)n2N)cc1. The standard InChI is InChI=1S/C21H22N6S/c1-14-4-8-18(9-5-14)20-23-24-21(26(20)22)28-13-17-6-10-19(11-7-17)27-16(3)12-15(2)25-27/h4-12H,13,22H2,1-3H3. The Morgan fingerprint density at radius 2 is 1.64 bits per heavy atom. The molecule has 0 bridgehead atoms. The number of benzene rings is 2. The van der Waals surface area contributed by atoms with Crippen molar-refractivity contribution in [3.8, 4) is 17.1 Å². The summed E-state index contributed by atoms with van der Waals surface area (Å²) in [6.45, 7) is 6.12. The number of nitrogens with two attached hydrogens (primary N) is 1. The van der Waals surface area contributed by atoms with Gasteiger partial charge >= 0.3 is 0 Å². The Labute approximate surface area is 168 Å². The maximum Gasteiger partial charge on any atom is 0.210 e. The van der Waals surface area contributed by atoms with Crippen molar-refractivity contribution in [2.24, 2.45) is 0 Å². The first kappa shape index (κ1) is 18.3. The van der Waals surface area contributed by atoms with Crippen LogP contribution in [0.1, 0.15) is 22.5 Å². The lowest BCUT2D eigenvalue weighted by atomic mass is 10.1. The van der Waals surface area contributed by atoms with Crippen LogP contribution in [0.4, 0.5) is 0 Å². The van der Waals surface area contributed by atoms with Crippen molar-refractivity contribution >= 4 is 11.8 Å². The summed E-state index contributed by atoms with van der Waals surface area (Å²) in [6, 6.07) is 18.6. The quantitative estimate of drug-likeness (QED) is 0.411. The van der Waals surface area contributed by atoms with E-state index in [0.717, 1.165) is 28.4 Å². The summed E-state index contributed by atoms with van der Waals surface area (Å²) in [5, 5.41) is 13.7. The van der Waals surface area contributed by atoms with Crippen molar-refractivity contribution in [3.05, 3.63) is 77.1 Å². The van der Waals surface area contributed by atoms with Gasteiger partial charge < -0.3 is 5.84 Å². The highest BCUT2D eigenvalue weighted by Gasteiger charge is 2.12. The van der Waals surface area contributed by atoms with Gasteiger partial charge in [0.25, 0.3) is 0 Å². The molecule has 0 saturated heterocycles. The maximum atomic E-state index is 6.22. The summed E-state index contributed by atoms with van der Waals surface area (Å²) < 4.78 is 3.51. The van der Waals surface area contributed by atoms with Crippen molar-refractivity contribution < 1.29 is 0 Å². The van der Waals surface area contributed by atoms with Crippen molar-refractivity contribution in [1.29, 1.82) is 0 Å². The van der Waals surface area contributed by atoms with Gasteiger partial charge in [0.1, 0.15) is 0 Å². The van der Waals surface area contributed by atoms with E-state index in [0.29, 0.717) is 11.0 Å². The molecule has 142 valence electrons. The lowest BCUT2D eigenvalue weighted by Crippen LogP contribution is -2.11. The lowest BCUT2D eigenvalue weighted by molar-refractivity contribution is 0.833. The molecule has 0 fully saturated rings. The number of hydrogen-bond acceptors (Lipinski definition) is 5. The van der Waals surface area contributed by atoms with Crippen LogP contribution in [0.15, 0.2) is 59.8 Å². The number of hydrogen-bond donors (Lipinski definition) is 1. The molecular weight excluding hydrogens is 368 g/mol. The lowest BCUT2D eigenvalue weighted by Gasteiger charge is -2.07. The average molecular weight is 391 g/mol. The van der Waals surface area contributed by atoms with Gasteiger partial charge in [0, 0.05) is 17.0 Å². The summed E-state index contributed by atoms with van der Waals surface area (Å²) >= 11 is 1.57. The van der Waals surface area contributed by atoms with Crippen molar-refractivity contribution in [1.82, 2.24) is 24.7 Å². The van der Waals surface area contributed by atoms with E-state index in [1.165, 1.54) is 11.1 Å². The van der Waals surface area contributed by atoms with E-state index in [1.54, 1.807) is 16.4 Å². The summed E-state index contributed by atoms with van der Waals surface area (Å²) in [5.74, 6) is 7.65. The minimum atomic E-state index is 0.669. The van der Waals surface area contributed by atoms with Crippen LogP contribution in [-0.4, -0.2) is 24.7 Å². The Kier molecular flexibility index (Phi) is 4.92. The molecule has 0 amide bonds. The number of rotatable bonds is 5. The van der Waals surface area contributed by atoms with Gasteiger partial charge in [-0.25, -0.2) is 9.36 Å². The fraction of sp³-hybridized carbons (Fsp3) is 0.190. The topological polar surface area (TPSA) is 74.5 Å². The van der Waals surface area contributed by atoms with Crippen LogP contribution in [0, 0.1) is 20.8 Å². The molecule has 2 aromatic carbocycles. The zero-order chi connectivity index (χ0) is 19.7. The molecule has 0 saturated carbocycles. The molecular formula is C21H22N6S. The normalized spacial score (nSPS) is 11.1. The minimum absolute atomic E-state index is 0.669. The van der Waals surface area contributed by atoms with Crippen molar-refractivity contribution in [3.63, 3.8) is 0 Å². The second-order valence-corrected chi connectivity index (χ2v) is 7.78. The largest absolute Gasteiger partial charge is 0.335 e. The molecule has 4 aromatic rings. The third kappa shape index (κ3) is 3.66. The summed E-state index contributed by atoms with van der Waals surface area (Å²) in [5.41, 5.74) is 6.55. The van der Waals surface area contributed by atoms with Gasteiger partial charge in [-0.05, 0) is 44.5 Å². The summed E-state index contributed by atoms with van der Waals surface area (Å²) in [6.07, 6.45) is 0. The van der Waals surface area contributed by atoms with E-state index in [2.05, 4.69) is 59.5 Å². The number of thioether (sulfide) groups is 1. The van der Waals surface area contributed by atoms with Gasteiger partial charge in [-0.3, -0.25) is 0 Å². The first-order valence-electron chi connectivity index (χ1n) is 9.04. The second kappa shape index (κ2) is 7.52. The maximum absolute atomic E-state index is 6.22. The monoisotopic (exact) mass is 390 g/mol. The van der Waals surface area contributed by atoms with Crippen LogP contribution in [0.5, 0.6) is 0 Å². The molecule has 6 nitrogen and oxygen atoms in total. The molecule has 0 aliphatic carbocycles. The molecule has 2 heterocycles. The summed E-state index contributed by atoms with van der Waals surface area (Å²) in [4.78, 5) is 0. The smallest absolute Gasteiger partial charge is 0.210 e. The molecule has 2 aromatic heterocycles. The van der Waals surface area contributed by atoms with E-state index in [4.69, 9.17) is 5.84 Å². The molecule has 0 aliphatic heterocycles. The Morgan fingerprint density at radius 1 is 0.929 bits per heavy atom. The van der Waals surface area contributed by atoms with Crippen LogP contribution in [0.25, 0.3) is 17.1 Å². The van der Waals surface area contributed by atoms with E-state index in [9.17, 15) is 0 Å². The van der Waals surface area contributed by atoms with Crippen LogP contribution < -0.4 is 5.84 Å². The average Bonchev–Trinajstić information content (AvgIpc) is 3.22. The van der Waals surface area contributed by atoms with Crippen LogP contribution >= 0.6 is 11.8 Å². The fourth-order valence-electron chi connectivity index (χ4n) is 3.05. The molecule has 28 heavy (non-hydrogen) atoms. The second-order valence-electron chi connectivity index (χ2n) is 6.84. The van der Waals surface area contributed by atoms with E-state index in [-0.39, 0.29) is 0 Å². The van der Waals surface area contributed by atoms with Gasteiger partial charge in [0.15, 0.2) is 5.82 Å². The Balaban J connectivity index is 1.46. The van der Waals surface area contributed by atoms with E-state index in [1.807, 2.05) is 35.9 Å². The van der Waals surface area contributed by atoms with Crippen molar-refractivity contribution in [2.45, 2.75) is 31.7 Å². The molecule has 2 N–H and O–H groups in total. The number of nitrogens with zero attached hydrogens (tertiary/aromatic N) is 5. The van der Waals surface area contributed by atoms with E-state index < -0.39 is 0 Å². The van der Waals surface area contributed by atoms with Crippen molar-refractivity contribution in [2.75, 3.05) is 5.84 Å². The van der Waals surface area contributed by atoms with Gasteiger partial charge in [0.05, 0.1) is 11.4 Å². The zero-order valence-corrected chi connectivity index (χ0v) is 16.9. The third-order valence-corrected chi connectivity index (χ3v) is 5.55.